The zero-order chi connectivity index (χ0) is 24.1. The number of amides is 2. The summed E-state index contributed by atoms with van der Waals surface area (Å²) in [6, 6.07) is 18.6. The van der Waals surface area contributed by atoms with Crippen LogP contribution in [0.3, 0.4) is 0 Å². The molecule has 4 rings (SSSR count). The molecule has 178 valence electrons. The number of nitrogens with one attached hydrogen (secondary N) is 1. The lowest BCUT2D eigenvalue weighted by atomic mass is 9.92. The van der Waals surface area contributed by atoms with Gasteiger partial charge in [-0.1, -0.05) is 12.1 Å². The van der Waals surface area contributed by atoms with Crippen molar-refractivity contribution in [3.63, 3.8) is 0 Å². The molecule has 0 saturated carbocycles. The summed E-state index contributed by atoms with van der Waals surface area (Å²) in [4.78, 5) is 15.2. The number of methoxy groups -OCH3 is 3. The molecule has 0 aliphatic carbocycles. The molecule has 1 atom stereocenters. The Bertz CT molecular complexity index is 1150. The van der Waals surface area contributed by atoms with Crippen LogP contribution in [-0.4, -0.2) is 45.4 Å². The zero-order valence-corrected chi connectivity index (χ0v) is 20.0. The molecule has 1 unspecified atom stereocenters. The summed E-state index contributed by atoms with van der Waals surface area (Å²) in [5.41, 5.74) is 3.94. The fourth-order valence-corrected chi connectivity index (χ4v) is 4.22. The van der Waals surface area contributed by atoms with Crippen LogP contribution in [0.5, 0.6) is 23.0 Å². The van der Waals surface area contributed by atoms with Gasteiger partial charge in [0.2, 0.25) is 0 Å². The Morgan fingerprint density at radius 3 is 2.32 bits per heavy atom. The number of ether oxygens (including phenoxy) is 4. The topological polar surface area (TPSA) is 69.3 Å². The van der Waals surface area contributed by atoms with E-state index in [2.05, 4.69) is 5.32 Å². The third-order valence-electron chi connectivity index (χ3n) is 6.00. The number of carbonyl (C=O) groups excluding carboxylic acids is 1. The quantitative estimate of drug-likeness (QED) is 0.521. The molecule has 1 heterocycles. The van der Waals surface area contributed by atoms with Crippen LogP contribution in [0.25, 0.3) is 0 Å². The van der Waals surface area contributed by atoms with Gasteiger partial charge in [0.1, 0.15) is 18.1 Å². The molecule has 0 fully saturated rings. The number of nitrogens with zero attached hydrogens (tertiary/aromatic N) is 1. The summed E-state index contributed by atoms with van der Waals surface area (Å²) < 4.78 is 22.4. The van der Waals surface area contributed by atoms with Crippen LogP contribution in [0, 0.1) is 6.92 Å². The fourth-order valence-electron chi connectivity index (χ4n) is 4.22. The summed E-state index contributed by atoms with van der Waals surface area (Å²) >= 11 is 0. The second kappa shape index (κ2) is 10.4. The van der Waals surface area contributed by atoms with Gasteiger partial charge >= 0.3 is 6.03 Å². The average Bonchev–Trinajstić information content (AvgIpc) is 2.86. The van der Waals surface area contributed by atoms with Gasteiger partial charge in [-0.2, -0.15) is 0 Å². The van der Waals surface area contributed by atoms with E-state index in [-0.39, 0.29) is 18.7 Å². The van der Waals surface area contributed by atoms with Crippen molar-refractivity contribution in [1.82, 2.24) is 4.90 Å². The second-order valence-electron chi connectivity index (χ2n) is 8.15. The van der Waals surface area contributed by atoms with Gasteiger partial charge in [0, 0.05) is 12.2 Å². The Labute approximate surface area is 200 Å². The first kappa shape index (κ1) is 23.3. The van der Waals surface area contributed by atoms with E-state index in [1.54, 1.807) is 21.3 Å². The van der Waals surface area contributed by atoms with E-state index in [0.29, 0.717) is 30.2 Å². The molecule has 3 aromatic rings. The molecule has 1 aliphatic rings. The van der Waals surface area contributed by atoms with Crippen molar-refractivity contribution in [2.24, 2.45) is 0 Å². The van der Waals surface area contributed by atoms with Gasteiger partial charge < -0.3 is 29.2 Å². The second-order valence-corrected chi connectivity index (χ2v) is 8.15. The fraction of sp³-hybridized carbons (Fsp3) is 0.296. The van der Waals surface area contributed by atoms with Crippen LogP contribution >= 0.6 is 0 Å². The first-order valence-electron chi connectivity index (χ1n) is 11.2. The first-order valence-corrected chi connectivity index (χ1v) is 11.2. The number of benzene rings is 3. The summed E-state index contributed by atoms with van der Waals surface area (Å²) in [6.45, 7) is 2.84. The Hall–Kier alpha value is -3.87. The van der Waals surface area contributed by atoms with Crippen LogP contribution in [-0.2, 0) is 6.42 Å². The first-order chi connectivity index (χ1) is 16.5. The van der Waals surface area contributed by atoms with E-state index < -0.39 is 0 Å². The van der Waals surface area contributed by atoms with Gasteiger partial charge in [-0.05, 0) is 78.6 Å². The Balaban J connectivity index is 1.63. The third kappa shape index (κ3) is 5.03. The normalized spacial score (nSPS) is 14.7. The largest absolute Gasteiger partial charge is 0.497 e. The van der Waals surface area contributed by atoms with Crippen molar-refractivity contribution in [3.8, 4) is 23.0 Å². The highest BCUT2D eigenvalue weighted by molar-refractivity contribution is 5.90. The Morgan fingerprint density at radius 2 is 1.65 bits per heavy atom. The zero-order valence-electron chi connectivity index (χ0n) is 20.0. The van der Waals surface area contributed by atoms with E-state index in [1.807, 2.05) is 72.5 Å². The number of aryl methyl sites for hydroxylation is 1. The molecule has 1 N–H and O–H groups in total. The van der Waals surface area contributed by atoms with E-state index in [1.165, 1.54) is 0 Å². The predicted molar refractivity (Wildman–Crippen MR) is 131 cm³/mol. The van der Waals surface area contributed by atoms with Crippen LogP contribution in [0.4, 0.5) is 10.5 Å². The van der Waals surface area contributed by atoms with E-state index in [4.69, 9.17) is 18.9 Å². The molecule has 3 aromatic carbocycles. The van der Waals surface area contributed by atoms with Crippen molar-refractivity contribution in [3.05, 3.63) is 77.4 Å². The number of hydrogen-bond acceptors (Lipinski definition) is 5. The van der Waals surface area contributed by atoms with Crippen molar-refractivity contribution in [2.75, 3.05) is 39.8 Å². The van der Waals surface area contributed by atoms with Crippen molar-refractivity contribution >= 4 is 11.7 Å². The van der Waals surface area contributed by atoms with E-state index in [0.717, 1.165) is 28.1 Å². The molecule has 0 spiro atoms. The number of fused-ring (bicyclic) bond motifs is 1. The van der Waals surface area contributed by atoms with Gasteiger partial charge in [0.15, 0.2) is 11.5 Å². The summed E-state index contributed by atoms with van der Waals surface area (Å²) in [5.74, 6) is 2.75. The molecule has 0 aromatic heterocycles. The van der Waals surface area contributed by atoms with Crippen molar-refractivity contribution in [1.29, 1.82) is 0 Å². The average molecular weight is 463 g/mol. The maximum atomic E-state index is 13.4. The minimum atomic E-state index is -0.310. The smallest absolute Gasteiger partial charge is 0.322 e. The van der Waals surface area contributed by atoms with Gasteiger partial charge in [-0.3, -0.25) is 0 Å². The summed E-state index contributed by atoms with van der Waals surface area (Å²) in [5, 5.41) is 3.04. The molecule has 0 saturated heterocycles. The van der Waals surface area contributed by atoms with E-state index >= 15 is 0 Å². The highest BCUT2D eigenvalue weighted by Gasteiger charge is 2.33. The number of carbonyl (C=O) groups is 1. The maximum absolute atomic E-state index is 13.4. The van der Waals surface area contributed by atoms with Gasteiger partial charge in [0.25, 0.3) is 0 Å². The van der Waals surface area contributed by atoms with E-state index in [9.17, 15) is 4.79 Å². The Morgan fingerprint density at radius 1 is 0.941 bits per heavy atom. The summed E-state index contributed by atoms with van der Waals surface area (Å²) in [7, 11) is 4.86. The van der Waals surface area contributed by atoms with Crippen LogP contribution in [0.15, 0.2) is 60.7 Å². The maximum Gasteiger partial charge on any atom is 0.322 e. The van der Waals surface area contributed by atoms with Crippen molar-refractivity contribution < 1.29 is 23.7 Å². The molecule has 0 bridgehead atoms. The minimum Gasteiger partial charge on any atom is -0.497 e. The lowest BCUT2D eigenvalue weighted by Gasteiger charge is -2.37. The molecule has 7 heteroatoms. The number of urea groups is 1. The molecule has 0 radical (unpaired) electrons. The SMILES string of the molecule is COc1ccc(OCC2c3cc(OC)c(OC)cc3CCN2C(=O)Nc2cccc(C)c2)cc1. The Kier molecular flexibility index (Phi) is 7.11. The molecule has 7 nitrogen and oxygen atoms in total. The van der Waals surface area contributed by atoms with Crippen LogP contribution in [0.1, 0.15) is 22.7 Å². The van der Waals surface area contributed by atoms with Crippen LogP contribution < -0.4 is 24.3 Å². The van der Waals surface area contributed by atoms with Crippen LogP contribution in [0.2, 0.25) is 0 Å². The number of hydrogen-bond donors (Lipinski definition) is 1. The highest BCUT2D eigenvalue weighted by Crippen LogP contribution is 2.38. The summed E-state index contributed by atoms with van der Waals surface area (Å²) in [6.07, 6.45) is 0.704. The monoisotopic (exact) mass is 462 g/mol. The number of rotatable bonds is 7. The minimum absolute atomic E-state index is 0.172. The molecule has 34 heavy (non-hydrogen) atoms. The highest BCUT2D eigenvalue weighted by atomic mass is 16.5. The molecule has 1 aliphatic heterocycles. The van der Waals surface area contributed by atoms with Gasteiger partial charge in [-0.15, -0.1) is 0 Å². The molecular formula is C27H30N2O5. The molecule has 2 amide bonds. The van der Waals surface area contributed by atoms with Crippen molar-refractivity contribution in [2.45, 2.75) is 19.4 Å². The standard InChI is InChI=1S/C27H30N2O5/c1-18-6-5-7-20(14-18)28-27(30)29-13-12-19-15-25(32-3)26(33-4)16-23(19)24(29)17-34-22-10-8-21(31-2)9-11-22/h5-11,14-16,24H,12-13,17H2,1-4H3,(H,28,30). The lowest BCUT2D eigenvalue weighted by molar-refractivity contribution is 0.144. The third-order valence-corrected chi connectivity index (χ3v) is 6.00. The van der Waals surface area contributed by atoms with Gasteiger partial charge in [0.05, 0.1) is 27.4 Å². The predicted octanol–water partition coefficient (Wildman–Crippen LogP) is 5.23. The van der Waals surface area contributed by atoms with Gasteiger partial charge in [-0.25, -0.2) is 4.79 Å². The molecular weight excluding hydrogens is 432 g/mol. The number of anilines is 1. The lowest BCUT2D eigenvalue weighted by Crippen LogP contribution is -2.44.